The Morgan fingerprint density at radius 1 is 1.16 bits per heavy atom. The number of carbonyl (C=O) groups is 2. The fourth-order valence-corrected chi connectivity index (χ4v) is 3.98. The van der Waals surface area contributed by atoms with Crippen molar-refractivity contribution in [1.29, 1.82) is 0 Å². The largest absolute Gasteiger partial charge is 0.490 e. The Morgan fingerprint density at radius 3 is 2.46 bits per heavy atom. The predicted molar refractivity (Wildman–Crippen MR) is 135 cm³/mol. The van der Waals surface area contributed by atoms with Crippen molar-refractivity contribution < 1.29 is 28.3 Å². The minimum absolute atomic E-state index is 0.191. The van der Waals surface area contributed by atoms with Crippen LogP contribution in [0.5, 0.6) is 5.75 Å². The number of esters is 1. The smallest absolute Gasteiger partial charge is 0.439 e. The van der Waals surface area contributed by atoms with E-state index in [4.69, 9.17) is 14.2 Å². The van der Waals surface area contributed by atoms with Gasteiger partial charge in [-0.1, -0.05) is 17.3 Å². The third-order valence-electron chi connectivity index (χ3n) is 5.66. The molecule has 2 aromatic carbocycles. The molecule has 1 aliphatic heterocycles. The van der Waals surface area contributed by atoms with Crippen LogP contribution < -0.4 is 20.7 Å². The minimum Gasteiger partial charge on any atom is -0.490 e. The molecule has 0 saturated carbocycles. The van der Waals surface area contributed by atoms with Gasteiger partial charge in [-0.15, -0.1) is 0 Å². The lowest BCUT2D eigenvalue weighted by atomic mass is 10.0. The third kappa shape index (κ3) is 6.76. The van der Waals surface area contributed by atoms with E-state index in [1.807, 2.05) is 45.0 Å². The van der Waals surface area contributed by atoms with Crippen molar-refractivity contribution in [2.45, 2.75) is 44.9 Å². The molecule has 37 heavy (non-hydrogen) atoms. The molecular formula is C26H30N4O7. The van der Waals surface area contributed by atoms with E-state index in [0.717, 1.165) is 5.56 Å². The van der Waals surface area contributed by atoms with Crippen molar-refractivity contribution in [3.05, 3.63) is 64.6 Å². The van der Waals surface area contributed by atoms with E-state index in [1.54, 1.807) is 24.3 Å². The van der Waals surface area contributed by atoms with Crippen LogP contribution in [0, 0.1) is 0 Å². The van der Waals surface area contributed by atoms with E-state index in [0.29, 0.717) is 35.8 Å². The highest BCUT2D eigenvalue weighted by molar-refractivity contribution is 5.90. The number of nitrogens with one attached hydrogen (secondary N) is 2. The topological polar surface area (TPSA) is 136 Å². The number of hydrogen-bond donors (Lipinski definition) is 2. The van der Waals surface area contributed by atoms with Crippen molar-refractivity contribution in [1.82, 2.24) is 15.5 Å². The number of aromatic nitrogens is 2. The summed E-state index contributed by atoms with van der Waals surface area (Å²) >= 11 is 0. The molecule has 1 aromatic heterocycles. The van der Waals surface area contributed by atoms with Crippen LogP contribution in [0.15, 0.2) is 57.8 Å². The van der Waals surface area contributed by atoms with Gasteiger partial charge in [0, 0.05) is 16.8 Å². The van der Waals surface area contributed by atoms with Crippen molar-refractivity contribution in [2.75, 3.05) is 25.2 Å². The summed E-state index contributed by atoms with van der Waals surface area (Å²) in [6, 6.07) is 13.9. The van der Waals surface area contributed by atoms with Crippen molar-refractivity contribution in [3.8, 4) is 17.1 Å². The molecule has 0 aliphatic carbocycles. The Kier molecular flexibility index (Phi) is 7.63. The highest BCUT2D eigenvalue weighted by Gasteiger charge is 2.33. The van der Waals surface area contributed by atoms with Gasteiger partial charge in [-0.2, -0.15) is 0 Å². The van der Waals surface area contributed by atoms with Crippen LogP contribution in [0.25, 0.3) is 11.4 Å². The summed E-state index contributed by atoms with van der Waals surface area (Å²) in [6.07, 6.45) is -0.435. The summed E-state index contributed by atoms with van der Waals surface area (Å²) < 4.78 is 20.8. The Hall–Kier alpha value is -4.12. The van der Waals surface area contributed by atoms with Crippen LogP contribution in [0.4, 0.5) is 10.5 Å². The van der Waals surface area contributed by atoms with Crippen LogP contribution in [0.2, 0.25) is 0 Å². The van der Waals surface area contributed by atoms with Crippen LogP contribution in [-0.4, -0.2) is 60.1 Å². The SMILES string of the molecule is COC(=O)C(Cc1ccc(OCC2CN(c3ccc(-c4noc(=O)[nH]4)cc3)C(=O)O2)cc1)NC(C)(C)C. The average Bonchev–Trinajstić information content (AvgIpc) is 3.47. The monoisotopic (exact) mass is 510 g/mol. The minimum atomic E-state index is -0.636. The summed E-state index contributed by atoms with van der Waals surface area (Å²) in [4.78, 5) is 39.7. The molecule has 11 heteroatoms. The molecule has 196 valence electrons. The summed E-state index contributed by atoms with van der Waals surface area (Å²) in [6.45, 7) is 6.50. The standard InChI is InChI=1S/C26H30N4O7/c1-26(2,3)28-21(23(31)34-4)13-16-5-11-19(12-6-16)35-15-20-14-30(25(33)36-20)18-9-7-17(8-10-18)22-27-24(32)37-29-22/h5-12,20-21,28H,13-15H2,1-4H3,(H,27,29,32). The second-order valence-corrected chi connectivity index (χ2v) is 9.74. The van der Waals surface area contributed by atoms with Crippen LogP contribution >= 0.6 is 0 Å². The molecule has 4 rings (SSSR count). The van der Waals surface area contributed by atoms with Gasteiger partial charge >= 0.3 is 17.8 Å². The highest BCUT2D eigenvalue weighted by atomic mass is 16.6. The molecule has 1 aliphatic rings. The molecule has 2 atom stereocenters. The molecule has 2 heterocycles. The zero-order valence-corrected chi connectivity index (χ0v) is 21.1. The van der Waals surface area contributed by atoms with Gasteiger partial charge in [0.1, 0.15) is 18.4 Å². The summed E-state index contributed by atoms with van der Waals surface area (Å²) in [5.41, 5.74) is 2.01. The van der Waals surface area contributed by atoms with E-state index in [9.17, 15) is 14.4 Å². The number of aromatic amines is 1. The number of amides is 1. The molecule has 2 unspecified atom stereocenters. The van der Waals surface area contributed by atoms with E-state index < -0.39 is 24.0 Å². The van der Waals surface area contributed by atoms with E-state index in [-0.39, 0.29) is 18.1 Å². The Bertz CT molecular complexity index is 1280. The molecule has 0 radical (unpaired) electrons. The lowest BCUT2D eigenvalue weighted by Gasteiger charge is -2.27. The summed E-state index contributed by atoms with van der Waals surface area (Å²) in [7, 11) is 1.38. The summed E-state index contributed by atoms with van der Waals surface area (Å²) in [5, 5.41) is 6.94. The predicted octanol–water partition coefficient (Wildman–Crippen LogP) is 2.91. The number of benzene rings is 2. The van der Waals surface area contributed by atoms with Gasteiger partial charge in [-0.25, -0.2) is 9.59 Å². The number of H-pyrrole nitrogens is 1. The lowest BCUT2D eigenvalue weighted by Crippen LogP contribution is -2.49. The van der Waals surface area contributed by atoms with Gasteiger partial charge in [-0.3, -0.25) is 24.5 Å². The second kappa shape index (κ2) is 10.9. The zero-order valence-electron chi connectivity index (χ0n) is 21.1. The Balaban J connectivity index is 1.31. The molecule has 1 saturated heterocycles. The van der Waals surface area contributed by atoms with Crippen molar-refractivity contribution >= 4 is 17.7 Å². The van der Waals surface area contributed by atoms with Crippen LogP contribution in [-0.2, 0) is 20.7 Å². The van der Waals surface area contributed by atoms with Crippen molar-refractivity contribution in [3.63, 3.8) is 0 Å². The molecule has 0 bridgehead atoms. The maximum atomic E-state index is 12.4. The number of carbonyl (C=O) groups excluding carboxylic acids is 2. The average molecular weight is 511 g/mol. The van der Waals surface area contributed by atoms with Crippen LogP contribution in [0.1, 0.15) is 26.3 Å². The number of anilines is 1. The highest BCUT2D eigenvalue weighted by Crippen LogP contribution is 2.25. The first-order valence-corrected chi connectivity index (χ1v) is 11.8. The number of methoxy groups -OCH3 is 1. The van der Waals surface area contributed by atoms with Crippen molar-refractivity contribution in [2.24, 2.45) is 0 Å². The van der Waals surface area contributed by atoms with Gasteiger partial charge in [0.05, 0.1) is 13.7 Å². The van der Waals surface area contributed by atoms with E-state index in [1.165, 1.54) is 12.0 Å². The Labute approximate surface area is 213 Å². The molecule has 1 amide bonds. The van der Waals surface area contributed by atoms with Gasteiger partial charge < -0.3 is 14.2 Å². The molecule has 0 spiro atoms. The second-order valence-electron chi connectivity index (χ2n) is 9.74. The Morgan fingerprint density at radius 2 is 1.86 bits per heavy atom. The maximum absolute atomic E-state index is 12.4. The normalized spacial score (nSPS) is 16.4. The number of nitrogens with zero attached hydrogens (tertiary/aromatic N) is 2. The quantitative estimate of drug-likeness (QED) is 0.416. The maximum Gasteiger partial charge on any atom is 0.439 e. The molecule has 2 N–H and O–H groups in total. The molecule has 1 fully saturated rings. The molecule has 11 nitrogen and oxygen atoms in total. The first kappa shape index (κ1) is 26.0. The van der Waals surface area contributed by atoms with Gasteiger partial charge in [0.15, 0.2) is 11.9 Å². The summed E-state index contributed by atoms with van der Waals surface area (Å²) in [5.74, 6) is -0.0140. The van der Waals surface area contributed by atoms with Gasteiger partial charge in [-0.05, 0) is 69.2 Å². The molecular weight excluding hydrogens is 480 g/mol. The number of rotatable bonds is 9. The van der Waals surface area contributed by atoms with E-state index >= 15 is 0 Å². The first-order valence-electron chi connectivity index (χ1n) is 11.8. The number of cyclic esters (lactones) is 1. The fraction of sp³-hybridized carbons (Fsp3) is 0.385. The van der Waals surface area contributed by atoms with Gasteiger partial charge in [0.2, 0.25) is 0 Å². The van der Waals surface area contributed by atoms with E-state index in [2.05, 4.69) is 20.0 Å². The fourth-order valence-electron chi connectivity index (χ4n) is 3.98. The van der Waals surface area contributed by atoms with Crippen LogP contribution in [0.3, 0.4) is 0 Å². The zero-order chi connectivity index (χ0) is 26.6. The first-order chi connectivity index (χ1) is 17.6. The number of ether oxygens (including phenoxy) is 3. The molecule has 3 aromatic rings. The lowest BCUT2D eigenvalue weighted by molar-refractivity contribution is -0.143. The number of hydrogen-bond acceptors (Lipinski definition) is 9. The third-order valence-corrected chi connectivity index (χ3v) is 5.66. The van der Waals surface area contributed by atoms with Gasteiger partial charge in [0.25, 0.3) is 0 Å².